The fourth-order valence-electron chi connectivity index (χ4n) is 1.13. The lowest BCUT2D eigenvalue weighted by molar-refractivity contribution is -0.736. The largest absolute Gasteiger partial charge is 0.493 e. The van der Waals surface area contributed by atoms with Crippen molar-refractivity contribution in [3.05, 3.63) is 23.1 Å². The van der Waals surface area contributed by atoms with Gasteiger partial charge in [0.1, 0.15) is 11.4 Å². The van der Waals surface area contributed by atoms with Crippen molar-refractivity contribution < 1.29 is 14.5 Å². The molecule has 88 valence electrons. The van der Waals surface area contributed by atoms with Gasteiger partial charge in [-0.2, -0.15) is 0 Å². The standard InChI is InChI=1S/C11H17N2O3/c1-8(2)7-16-9-4-5-10(12)11(6-9)13(14)15-3/h4-6,8H,7,12H2,1-3H3/q+1. The zero-order valence-electron chi connectivity index (χ0n) is 9.77. The Morgan fingerprint density at radius 1 is 1.44 bits per heavy atom. The molecule has 0 bridgehead atoms. The Labute approximate surface area is 94.7 Å². The number of rotatable bonds is 5. The molecule has 0 amide bonds. The van der Waals surface area contributed by atoms with Gasteiger partial charge < -0.3 is 10.5 Å². The molecule has 0 saturated heterocycles. The predicted molar refractivity (Wildman–Crippen MR) is 61.5 cm³/mol. The molecule has 1 aromatic rings. The molecule has 0 spiro atoms. The molecule has 2 N–H and O–H groups in total. The van der Waals surface area contributed by atoms with Gasteiger partial charge in [0.15, 0.2) is 7.11 Å². The van der Waals surface area contributed by atoms with Crippen LogP contribution < -0.4 is 10.5 Å². The van der Waals surface area contributed by atoms with Crippen LogP contribution in [0.4, 0.5) is 11.4 Å². The van der Waals surface area contributed by atoms with Gasteiger partial charge >= 0.3 is 5.69 Å². The Bertz CT molecular complexity index is 377. The normalized spacial score (nSPS) is 10.2. The molecule has 0 aliphatic carbocycles. The van der Waals surface area contributed by atoms with E-state index < -0.39 is 0 Å². The second-order valence-corrected chi connectivity index (χ2v) is 3.87. The third-order valence-corrected chi connectivity index (χ3v) is 1.95. The van der Waals surface area contributed by atoms with Crippen LogP contribution in [-0.4, -0.2) is 18.6 Å². The van der Waals surface area contributed by atoms with Gasteiger partial charge in [0.25, 0.3) is 4.92 Å². The Morgan fingerprint density at radius 2 is 2.12 bits per heavy atom. The molecule has 1 aromatic carbocycles. The van der Waals surface area contributed by atoms with Gasteiger partial charge in [-0.25, -0.2) is 4.84 Å². The molecule has 5 heteroatoms. The van der Waals surface area contributed by atoms with Crippen molar-refractivity contribution in [2.45, 2.75) is 13.8 Å². The number of nitrogen functional groups attached to an aromatic ring is 1. The first-order valence-electron chi connectivity index (χ1n) is 5.08. The van der Waals surface area contributed by atoms with Crippen molar-refractivity contribution in [3.63, 3.8) is 0 Å². The minimum absolute atomic E-state index is 0.253. The van der Waals surface area contributed by atoms with Crippen molar-refractivity contribution in [3.8, 4) is 5.75 Å². The number of hydrogen-bond acceptors (Lipinski definition) is 4. The third-order valence-electron chi connectivity index (χ3n) is 1.95. The molecule has 0 heterocycles. The van der Waals surface area contributed by atoms with Crippen molar-refractivity contribution in [2.75, 3.05) is 19.5 Å². The first-order chi connectivity index (χ1) is 7.54. The fraction of sp³-hybridized carbons (Fsp3) is 0.455. The molecule has 0 aliphatic heterocycles. The van der Waals surface area contributed by atoms with E-state index in [2.05, 4.69) is 4.84 Å². The summed E-state index contributed by atoms with van der Waals surface area (Å²) in [5, 5.41) is 0. The van der Waals surface area contributed by atoms with Crippen molar-refractivity contribution in [1.29, 1.82) is 0 Å². The van der Waals surface area contributed by atoms with Gasteiger partial charge in [-0.15, -0.1) is 0 Å². The summed E-state index contributed by atoms with van der Waals surface area (Å²) in [7, 11) is 1.29. The first-order valence-corrected chi connectivity index (χ1v) is 5.08. The summed E-state index contributed by atoms with van der Waals surface area (Å²) in [5.41, 5.74) is 6.25. The molecular weight excluding hydrogens is 208 g/mol. The lowest BCUT2D eigenvalue weighted by Crippen LogP contribution is -2.06. The van der Waals surface area contributed by atoms with Gasteiger partial charge in [0, 0.05) is 0 Å². The summed E-state index contributed by atoms with van der Waals surface area (Å²) in [6.45, 7) is 4.69. The van der Waals surface area contributed by atoms with Crippen molar-refractivity contribution in [2.24, 2.45) is 5.92 Å². The number of nitrogens with zero attached hydrogens (tertiary/aromatic N) is 1. The molecule has 0 atom stereocenters. The maximum atomic E-state index is 11.3. The van der Waals surface area contributed by atoms with Crippen LogP contribution in [-0.2, 0) is 4.84 Å². The summed E-state index contributed by atoms with van der Waals surface area (Å²) in [4.78, 5) is 16.2. The highest BCUT2D eigenvalue weighted by Gasteiger charge is 2.20. The summed E-state index contributed by atoms with van der Waals surface area (Å²) < 4.78 is 5.48. The summed E-state index contributed by atoms with van der Waals surface area (Å²) in [6.07, 6.45) is 0. The molecule has 0 aromatic heterocycles. The Morgan fingerprint density at radius 3 is 2.69 bits per heavy atom. The first kappa shape index (κ1) is 12.3. The maximum Gasteiger partial charge on any atom is 0.343 e. The molecule has 0 unspecified atom stereocenters. The summed E-state index contributed by atoms with van der Waals surface area (Å²) in [6, 6.07) is 4.91. The summed E-state index contributed by atoms with van der Waals surface area (Å²) in [5.74, 6) is 1.03. The molecule has 16 heavy (non-hydrogen) atoms. The molecule has 5 nitrogen and oxygen atoms in total. The number of benzene rings is 1. The maximum absolute atomic E-state index is 11.3. The minimum Gasteiger partial charge on any atom is -0.493 e. The highest BCUT2D eigenvalue weighted by atomic mass is 16.8. The zero-order chi connectivity index (χ0) is 12.1. The monoisotopic (exact) mass is 225 g/mol. The molecule has 0 fully saturated rings. The lowest BCUT2D eigenvalue weighted by atomic mass is 10.2. The van der Waals surface area contributed by atoms with Crippen molar-refractivity contribution >= 4 is 11.4 Å². The van der Waals surface area contributed by atoms with Crippen molar-refractivity contribution in [1.82, 2.24) is 0 Å². The number of anilines is 1. The molecule has 0 radical (unpaired) electrons. The Kier molecular flexibility index (Phi) is 4.10. The van der Waals surface area contributed by atoms with Gasteiger partial charge in [-0.1, -0.05) is 13.8 Å². The average molecular weight is 225 g/mol. The van der Waals surface area contributed by atoms with Gasteiger partial charge in [-0.3, -0.25) is 0 Å². The van der Waals surface area contributed by atoms with Crippen LogP contribution in [0.1, 0.15) is 13.8 Å². The Balaban J connectivity index is 2.85. The van der Waals surface area contributed by atoms with Crippen LogP contribution >= 0.6 is 0 Å². The fourth-order valence-corrected chi connectivity index (χ4v) is 1.13. The number of nitrogens with two attached hydrogens (primary N) is 1. The smallest absolute Gasteiger partial charge is 0.343 e. The van der Waals surface area contributed by atoms with Crippen LogP contribution in [0, 0.1) is 10.8 Å². The van der Waals surface area contributed by atoms with Gasteiger partial charge in [0.2, 0.25) is 0 Å². The van der Waals surface area contributed by atoms with Gasteiger partial charge in [0.05, 0.1) is 17.6 Å². The van der Waals surface area contributed by atoms with E-state index in [-0.39, 0.29) is 5.69 Å². The van der Waals surface area contributed by atoms with E-state index in [1.165, 1.54) is 7.11 Å². The van der Waals surface area contributed by atoms with Crippen LogP contribution in [0.2, 0.25) is 0 Å². The van der Waals surface area contributed by atoms with E-state index in [1.54, 1.807) is 18.2 Å². The minimum atomic E-state index is 0.253. The summed E-state index contributed by atoms with van der Waals surface area (Å²) >= 11 is 0. The van der Waals surface area contributed by atoms with Crippen LogP contribution in [0.25, 0.3) is 0 Å². The number of hydrogen-bond donors (Lipinski definition) is 1. The van der Waals surface area contributed by atoms with E-state index in [0.29, 0.717) is 28.9 Å². The third kappa shape index (κ3) is 3.12. The van der Waals surface area contributed by atoms with Crippen LogP contribution in [0.15, 0.2) is 18.2 Å². The van der Waals surface area contributed by atoms with Crippen LogP contribution in [0.3, 0.4) is 0 Å². The topological polar surface area (TPSA) is 64.6 Å². The highest BCUT2D eigenvalue weighted by molar-refractivity contribution is 5.60. The van der Waals surface area contributed by atoms with E-state index in [9.17, 15) is 4.91 Å². The predicted octanol–water partition coefficient (Wildman–Crippen LogP) is 2.28. The second-order valence-electron chi connectivity index (χ2n) is 3.87. The Hall–Kier alpha value is -1.78. The van der Waals surface area contributed by atoms with Crippen LogP contribution in [0.5, 0.6) is 5.75 Å². The second kappa shape index (κ2) is 5.34. The lowest BCUT2D eigenvalue weighted by Gasteiger charge is -2.08. The van der Waals surface area contributed by atoms with Gasteiger partial charge in [-0.05, 0) is 18.1 Å². The highest BCUT2D eigenvalue weighted by Crippen LogP contribution is 2.27. The quantitative estimate of drug-likeness (QED) is 0.616. The molecular formula is C11H17N2O3+. The van der Waals surface area contributed by atoms with E-state index in [0.717, 1.165) is 0 Å². The zero-order valence-corrected chi connectivity index (χ0v) is 9.77. The molecule has 1 rings (SSSR count). The molecule has 0 aliphatic rings. The SMILES string of the molecule is CO[N+](=O)c1cc(OCC(C)C)ccc1N. The van der Waals surface area contributed by atoms with E-state index >= 15 is 0 Å². The average Bonchev–Trinajstić information content (AvgIpc) is 2.27. The van der Waals surface area contributed by atoms with E-state index in [1.807, 2.05) is 13.8 Å². The molecule has 0 saturated carbocycles. The number of ether oxygens (including phenoxy) is 1. The van der Waals surface area contributed by atoms with E-state index in [4.69, 9.17) is 10.5 Å².